The SMILES string of the molecule is Cc1ccsc1CNC(=O)c1cc(F)c(F)cc1C(=O)O. The van der Waals surface area contributed by atoms with E-state index in [1.54, 1.807) is 0 Å². The zero-order valence-electron chi connectivity index (χ0n) is 10.9. The van der Waals surface area contributed by atoms with Crippen LogP contribution in [0.15, 0.2) is 23.6 Å². The molecule has 0 spiro atoms. The molecule has 7 heteroatoms. The molecule has 0 aliphatic rings. The zero-order chi connectivity index (χ0) is 15.6. The number of carbonyl (C=O) groups is 2. The number of carboxylic acid groups (broad SMARTS) is 1. The molecule has 0 aliphatic carbocycles. The normalized spacial score (nSPS) is 10.4. The number of hydrogen-bond acceptors (Lipinski definition) is 3. The van der Waals surface area contributed by atoms with Crippen molar-refractivity contribution in [3.63, 3.8) is 0 Å². The van der Waals surface area contributed by atoms with Crippen molar-refractivity contribution in [1.29, 1.82) is 0 Å². The Hall–Kier alpha value is -2.28. The molecule has 0 atom stereocenters. The van der Waals surface area contributed by atoms with Crippen molar-refractivity contribution in [3.8, 4) is 0 Å². The summed E-state index contributed by atoms with van der Waals surface area (Å²) in [6, 6.07) is 2.98. The monoisotopic (exact) mass is 311 g/mol. The number of benzene rings is 1. The Morgan fingerprint density at radius 1 is 1.24 bits per heavy atom. The lowest BCUT2D eigenvalue weighted by molar-refractivity contribution is 0.0690. The summed E-state index contributed by atoms with van der Waals surface area (Å²) in [6.45, 7) is 2.07. The minimum absolute atomic E-state index is 0.195. The average molecular weight is 311 g/mol. The summed E-state index contributed by atoms with van der Waals surface area (Å²) >= 11 is 1.44. The highest BCUT2D eigenvalue weighted by Gasteiger charge is 2.20. The number of nitrogens with one attached hydrogen (secondary N) is 1. The number of aromatic carboxylic acids is 1. The van der Waals surface area contributed by atoms with Gasteiger partial charge in [-0.05, 0) is 36.1 Å². The van der Waals surface area contributed by atoms with E-state index in [2.05, 4.69) is 5.32 Å². The molecule has 1 aromatic heterocycles. The molecule has 2 aromatic rings. The standard InChI is InChI=1S/C14H11F2NO3S/c1-7-2-3-21-12(7)6-17-13(18)8-4-10(15)11(16)5-9(8)14(19)20/h2-5H,6H2,1H3,(H,17,18)(H,19,20). The van der Waals surface area contributed by atoms with Gasteiger partial charge in [-0.3, -0.25) is 4.79 Å². The predicted octanol–water partition coefficient (Wildman–Crippen LogP) is 2.96. The second-order valence-corrected chi connectivity index (χ2v) is 5.33. The Morgan fingerprint density at radius 3 is 2.38 bits per heavy atom. The van der Waals surface area contributed by atoms with E-state index < -0.39 is 34.6 Å². The Labute approximate surface area is 123 Å². The third-order valence-corrected chi connectivity index (χ3v) is 3.94. The Bertz CT molecular complexity index is 712. The van der Waals surface area contributed by atoms with Gasteiger partial charge in [0.1, 0.15) is 0 Å². The maximum absolute atomic E-state index is 13.2. The van der Waals surface area contributed by atoms with Gasteiger partial charge in [0.15, 0.2) is 11.6 Å². The molecule has 0 saturated carbocycles. The second-order valence-electron chi connectivity index (χ2n) is 4.33. The number of amides is 1. The van der Waals surface area contributed by atoms with E-state index in [0.29, 0.717) is 12.1 Å². The molecule has 1 heterocycles. The van der Waals surface area contributed by atoms with Crippen LogP contribution in [-0.2, 0) is 6.54 Å². The number of carbonyl (C=O) groups excluding carboxylic acids is 1. The summed E-state index contributed by atoms with van der Waals surface area (Å²) in [5, 5.41) is 13.3. The van der Waals surface area contributed by atoms with Crippen LogP contribution >= 0.6 is 11.3 Å². The van der Waals surface area contributed by atoms with Crippen LogP contribution in [0.1, 0.15) is 31.2 Å². The average Bonchev–Trinajstić information content (AvgIpc) is 2.84. The van der Waals surface area contributed by atoms with Crippen molar-refractivity contribution in [2.75, 3.05) is 0 Å². The van der Waals surface area contributed by atoms with Gasteiger partial charge in [-0.1, -0.05) is 0 Å². The first-order valence-electron chi connectivity index (χ1n) is 5.93. The fourth-order valence-corrected chi connectivity index (χ4v) is 2.60. The summed E-state index contributed by atoms with van der Waals surface area (Å²) in [5.74, 6) is -4.83. The first-order valence-corrected chi connectivity index (χ1v) is 6.81. The van der Waals surface area contributed by atoms with Gasteiger partial charge in [-0.25, -0.2) is 13.6 Å². The minimum atomic E-state index is -1.49. The molecular weight excluding hydrogens is 300 g/mol. The molecular formula is C14H11F2NO3S. The molecule has 1 aromatic carbocycles. The van der Waals surface area contributed by atoms with Crippen molar-refractivity contribution in [3.05, 3.63) is 56.8 Å². The smallest absolute Gasteiger partial charge is 0.336 e. The molecule has 1 amide bonds. The van der Waals surface area contributed by atoms with Gasteiger partial charge in [0.05, 0.1) is 17.7 Å². The molecule has 4 nitrogen and oxygen atoms in total. The largest absolute Gasteiger partial charge is 0.478 e. The first-order chi connectivity index (χ1) is 9.90. The van der Waals surface area contributed by atoms with E-state index in [0.717, 1.165) is 10.4 Å². The van der Waals surface area contributed by atoms with E-state index in [9.17, 15) is 18.4 Å². The van der Waals surface area contributed by atoms with Crippen molar-refractivity contribution in [2.45, 2.75) is 13.5 Å². The molecule has 2 rings (SSSR count). The van der Waals surface area contributed by atoms with Crippen molar-refractivity contribution in [2.24, 2.45) is 0 Å². The zero-order valence-corrected chi connectivity index (χ0v) is 11.8. The molecule has 0 saturated heterocycles. The van der Waals surface area contributed by atoms with E-state index >= 15 is 0 Å². The number of carboxylic acids is 1. The highest BCUT2D eigenvalue weighted by atomic mass is 32.1. The number of aryl methyl sites for hydroxylation is 1. The summed E-state index contributed by atoms with van der Waals surface area (Å²) in [5.41, 5.74) is 0.00829. The molecule has 0 unspecified atom stereocenters. The molecule has 0 aliphatic heterocycles. The van der Waals surface area contributed by atoms with E-state index in [1.807, 2.05) is 18.4 Å². The Kier molecular flexibility index (Phi) is 4.32. The Balaban J connectivity index is 2.24. The third-order valence-electron chi connectivity index (χ3n) is 2.91. The summed E-state index contributed by atoms with van der Waals surface area (Å²) in [4.78, 5) is 23.9. The molecule has 0 bridgehead atoms. The summed E-state index contributed by atoms with van der Waals surface area (Å²) in [7, 11) is 0. The number of hydrogen-bond donors (Lipinski definition) is 2. The van der Waals surface area contributed by atoms with Gasteiger partial charge in [0.25, 0.3) is 5.91 Å². The van der Waals surface area contributed by atoms with Crippen LogP contribution in [-0.4, -0.2) is 17.0 Å². The van der Waals surface area contributed by atoms with Crippen molar-refractivity contribution >= 4 is 23.2 Å². The predicted molar refractivity (Wildman–Crippen MR) is 73.5 cm³/mol. The van der Waals surface area contributed by atoms with Crippen LogP contribution < -0.4 is 5.32 Å². The van der Waals surface area contributed by atoms with E-state index in [1.165, 1.54) is 11.3 Å². The summed E-state index contributed by atoms with van der Waals surface area (Å²) in [6.07, 6.45) is 0. The first kappa shape index (κ1) is 15.1. The molecule has 0 radical (unpaired) electrons. The molecule has 2 N–H and O–H groups in total. The van der Waals surface area contributed by atoms with Crippen LogP contribution in [0.25, 0.3) is 0 Å². The van der Waals surface area contributed by atoms with Gasteiger partial charge in [-0.2, -0.15) is 0 Å². The lowest BCUT2D eigenvalue weighted by atomic mass is 10.1. The number of thiophene rings is 1. The van der Waals surface area contributed by atoms with Gasteiger partial charge < -0.3 is 10.4 Å². The molecule has 110 valence electrons. The fraction of sp³-hybridized carbons (Fsp3) is 0.143. The minimum Gasteiger partial charge on any atom is -0.478 e. The van der Waals surface area contributed by atoms with Gasteiger partial charge in [-0.15, -0.1) is 11.3 Å². The van der Waals surface area contributed by atoms with Crippen LogP contribution in [0.3, 0.4) is 0 Å². The van der Waals surface area contributed by atoms with Crippen molar-refractivity contribution < 1.29 is 23.5 Å². The van der Waals surface area contributed by atoms with Crippen LogP contribution in [0.5, 0.6) is 0 Å². The Morgan fingerprint density at radius 2 is 1.86 bits per heavy atom. The van der Waals surface area contributed by atoms with E-state index in [4.69, 9.17) is 5.11 Å². The van der Waals surface area contributed by atoms with Gasteiger partial charge in [0.2, 0.25) is 0 Å². The second kappa shape index (κ2) is 6.01. The summed E-state index contributed by atoms with van der Waals surface area (Å²) < 4.78 is 26.3. The highest BCUT2D eigenvalue weighted by molar-refractivity contribution is 7.10. The molecule has 0 fully saturated rings. The van der Waals surface area contributed by atoms with Gasteiger partial charge in [0, 0.05) is 4.88 Å². The molecule has 21 heavy (non-hydrogen) atoms. The quantitative estimate of drug-likeness (QED) is 0.912. The number of halogens is 2. The maximum atomic E-state index is 13.2. The van der Waals surface area contributed by atoms with E-state index in [-0.39, 0.29) is 6.54 Å². The van der Waals surface area contributed by atoms with Crippen LogP contribution in [0.4, 0.5) is 8.78 Å². The van der Waals surface area contributed by atoms with Gasteiger partial charge >= 0.3 is 5.97 Å². The lowest BCUT2D eigenvalue weighted by Gasteiger charge is -2.08. The number of rotatable bonds is 4. The lowest BCUT2D eigenvalue weighted by Crippen LogP contribution is -2.25. The van der Waals surface area contributed by atoms with Crippen LogP contribution in [0, 0.1) is 18.6 Å². The van der Waals surface area contributed by atoms with Crippen molar-refractivity contribution in [1.82, 2.24) is 5.32 Å². The highest BCUT2D eigenvalue weighted by Crippen LogP contribution is 2.17. The third kappa shape index (κ3) is 3.25. The van der Waals surface area contributed by atoms with Crippen LogP contribution in [0.2, 0.25) is 0 Å². The fourth-order valence-electron chi connectivity index (χ4n) is 1.75. The topological polar surface area (TPSA) is 66.4 Å². The maximum Gasteiger partial charge on any atom is 0.336 e.